The van der Waals surface area contributed by atoms with E-state index in [1.807, 2.05) is 32.0 Å². The molecular formula is C26H25ClN2O5. The van der Waals surface area contributed by atoms with Crippen LogP contribution in [-0.2, 0) is 19.1 Å². The highest BCUT2D eigenvalue weighted by molar-refractivity contribution is 6.30. The Labute approximate surface area is 203 Å². The van der Waals surface area contributed by atoms with Crippen LogP contribution in [0.2, 0.25) is 5.02 Å². The van der Waals surface area contributed by atoms with Crippen LogP contribution >= 0.6 is 11.6 Å². The molecule has 3 aromatic rings. The van der Waals surface area contributed by atoms with Crippen molar-refractivity contribution in [1.29, 1.82) is 0 Å². The van der Waals surface area contributed by atoms with Crippen molar-refractivity contribution in [2.45, 2.75) is 26.7 Å². The molecule has 0 radical (unpaired) electrons. The van der Waals surface area contributed by atoms with Crippen molar-refractivity contribution in [2.24, 2.45) is 0 Å². The van der Waals surface area contributed by atoms with E-state index in [9.17, 15) is 14.4 Å². The zero-order valence-corrected chi connectivity index (χ0v) is 19.6. The van der Waals surface area contributed by atoms with E-state index < -0.39 is 18.5 Å². The molecule has 0 unspecified atom stereocenters. The number of esters is 1. The fourth-order valence-corrected chi connectivity index (χ4v) is 3.30. The Morgan fingerprint density at radius 2 is 1.44 bits per heavy atom. The predicted molar refractivity (Wildman–Crippen MR) is 131 cm³/mol. The van der Waals surface area contributed by atoms with Crippen LogP contribution in [-0.4, -0.2) is 24.4 Å². The van der Waals surface area contributed by atoms with E-state index in [2.05, 4.69) is 10.6 Å². The summed E-state index contributed by atoms with van der Waals surface area (Å²) in [6.07, 6.45) is -0.223. The number of carbonyl (C=O) groups is 3. The van der Waals surface area contributed by atoms with Crippen LogP contribution in [0.1, 0.15) is 24.0 Å². The number of rotatable bonds is 9. The molecule has 3 rings (SSSR count). The summed E-state index contributed by atoms with van der Waals surface area (Å²) in [6, 6.07) is 19.5. The highest BCUT2D eigenvalue weighted by Gasteiger charge is 2.12. The van der Waals surface area contributed by atoms with Gasteiger partial charge in [0.25, 0.3) is 5.91 Å². The SMILES string of the molecule is Cc1cccc(C)c1Oc1ccc(NC(=O)CCC(=O)OCC(=O)Nc2cccc(Cl)c2)cc1. The summed E-state index contributed by atoms with van der Waals surface area (Å²) < 4.78 is 10.9. The fourth-order valence-electron chi connectivity index (χ4n) is 3.10. The number of hydrogen-bond acceptors (Lipinski definition) is 5. The number of hydrogen-bond donors (Lipinski definition) is 2. The van der Waals surface area contributed by atoms with Gasteiger partial charge in [0.05, 0.1) is 6.42 Å². The summed E-state index contributed by atoms with van der Waals surface area (Å²) in [6.45, 7) is 3.51. The van der Waals surface area contributed by atoms with Gasteiger partial charge in [0.15, 0.2) is 6.61 Å². The van der Waals surface area contributed by atoms with Gasteiger partial charge >= 0.3 is 5.97 Å². The Balaban J connectivity index is 1.39. The molecule has 8 heteroatoms. The molecule has 0 bridgehead atoms. The Hall–Kier alpha value is -3.84. The molecule has 0 aliphatic heterocycles. The second kappa shape index (κ2) is 11.9. The van der Waals surface area contributed by atoms with Crippen LogP contribution in [0.15, 0.2) is 66.7 Å². The van der Waals surface area contributed by atoms with Crippen LogP contribution in [0.3, 0.4) is 0 Å². The van der Waals surface area contributed by atoms with Crippen LogP contribution in [0, 0.1) is 13.8 Å². The molecule has 3 aromatic carbocycles. The topological polar surface area (TPSA) is 93.7 Å². The molecule has 0 saturated carbocycles. The van der Waals surface area contributed by atoms with E-state index in [1.54, 1.807) is 48.5 Å². The Morgan fingerprint density at radius 1 is 0.794 bits per heavy atom. The molecule has 0 atom stereocenters. The molecule has 0 aliphatic rings. The number of amides is 2. The van der Waals surface area contributed by atoms with Gasteiger partial charge in [-0.2, -0.15) is 0 Å². The highest BCUT2D eigenvalue weighted by Crippen LogP contribution is 2.29. The summed E-state index contributed by atoms with van der Waals surface area (Å²) in [5, 5.41) is 5.77. The van der Waals surface area contributed by atoms with E-state index in [1.165, 1.54) is 0 Å². The second-order valence-electron chi connectivity index (χ2n) is 7.61. The van der Waals surface area contributed by atoms with Crippen LogP contribution in [0.5, 0.6) is 11.5 Å². The molecule has 0 fully saturated rings. The zero-order valence-electron chi connectivity index (χ0n) is 18.9. The van der Waals surface area contributed by atoms with Gasteiger partial charge < -0.3 is 20.1 Å². The van der Waals surface area contributed by atoms with Crippen molar-refractivity contribution in [3.05, 3.63) is 82.9 Å². The normalized spacial score (nSPS) is 10.3. The van der Waals surface area contributed by atoms with E-state index >= 15 is 0 Å². The summed E-state index contributed by atoms with van der Waals surface area (Å²) in [4.78, 5) is 35.9. The van der Waals surface area contributed by atoms with E-state index in [4.69, 9.17) is 21.1 Å². The van der Waals surface area contributed by atoms with Crippen molar-refractivity contribution >= 4 is 40.8 Å². The van der Waals surface area contributed by atoms with Gasteiger partial charge in [-0.05, 0) is 67.4 Å². The van der Waals surface area contributed by atoms with E-state index in [0.29, 0.717) is 22.1 Å². The molecule has 0 heterocycles. The van der Waals surface area contributed by atoms with Crippen LogP contribution in [0.4, 0.5) is 11.4 Å². The molecule has 0 aromatic heterocycles. The average molecular weight is 481 g/mol. The minimum absolute atomic E-state index is 0.0740. The summed E-state index contributed by atoms with van der Waals surface area (Å²) in [5.74, 6) is -0.0326. The van der Waals surface area contributed by atoms with Gasteiger partial charge in [-0.3, -0.25) is 14.4 Å². The van der Waals surface area contributed by atoms with Crippen molar-refractivity contribution in [3.8, 4) is 11.5 Å². The predicted octanol–water partition coefficient (Wildman–Crippen LogP) is 5.65. The van der Waals surface area contributed by atoms with Gasteiger partial charge in [-0.1, -0.05) is 35.9 Å². The smallest absolute Gasteiger partial charge is 0.306 e. The minimum atomic E-state index is -0.645. The molecule has 0 aliphatic carbocycles. The molecule has 2 N–H and O–H groups in total. The first kappa shape index (κ1) is 24.8. The Morgan fingerprint density at radius 3 is 2.12 bits per heavy atom. The first-order valence-electron chi connectivity index (χ1n) is 10.6. The number of halogens is 1. The minimum Gasteiger partial charge on any atom is -0.457 e. The monoisotopic (exact) mass is 480 g/mol. The highest BCUT2D eigenvalue weighted by atomic mass is 35.5. The summed E-state index contributed by atoms with van der Waals surface area (Å²) in [5.41, 5.74) is 3.14. The Kier molecular flexibility index (Phi) is 8.65. The van der Waals surface area contributed by atoms with E-state index in [0.717, 1.165) is 16.9 Å². The zero-order chi connectivity index (χ0) is 24.5. The van der Waals surface area contributed by atoms with Gasteiger partial charge in [-0.25, -0.2) is 0 Å². The van der Waals surface area contributed by atoms with Crippen LogP contribution < -0.4 is 15.4 Å². The number of benzene rings is 3. The van der Waals surface area contributed by atoms with Crippen molar-refractivity contribution in [3.63, 3.8) is 0 Å². The second-order valence-corrected chi connectivity index (χ2v) is 8.05. The lowest BCUT2D eigenvalue weighted by molar-refractivity contribution is -0.147. The largest absolute Gasteiger partial charge is 0.457 e. The molecule has 7 nitrogen and oxygen atoms in total. The standard InChI is InChI=1S/C26H25ClN2O5/c1-17-5-3-6-18(2)26(17)34-22-11-9-20(10-12-22)28-23(30)13-14-25(32)33-16-24(31)29-21-8-4-7-19(27)15-21/h3-12,15H,13-14,16H2,1-2H3,(H,28,30)(H,29,31). The maximum absolute atomic E-state index is 12.2. The number of anilines is 2. The van der Waals surface area contributed by atoms with Gasteiger partial charge in [0.2, 0.25) is 5.91 Å². The lowest BCUT2D eigenvalue weighted by Gasteiger charge is -2.12. The number of aryl methyl sites for hydroxylation is 2. The van der Waals surface area contributed by atoms with Crippen molar-refractivity contribution in [2.75, 3.05) is 17.2 Å². The van der Waals surface area contributed by atoms with Gasteiger partial charge in [0, 0.05) is 22.8 Å². The summed E-state index contributed by atoms with van der Waals surface area (Å²) >= 11 is 5.86. The quantitative estimate of drug-likeness (QED) is 0.386. The third-order valence-electron chi connectivity index (χ3n) is 4.80. The molecule has 0 spiro atoms. The van der Waals surface area contributed by atoms with Crippen molar-refractivity contribution in [1.82, 2.24) is 0 Å². The van der Waals surface area contributed by atoms with Crippen LogP contribution in [0.25, 0.3) is 0 Å². The number of nitrogens with one attached hydrogen (secondary N) is 2. The first-order valence-corrected chi connectivity index (χ1v) is 11.0. The molecule has 2 amide bonds. The molecule has 0 saturated heterocycles. The third kappa shape index (κ3) is 7.64. The molecule has 176 valence electrons. The molecule has 34 heavy (non-hydrogen) atoms. The lowest BCUT2D eigenvalue weighted by atomic mass is 10.1. The van der Waals surface area contributed by atoms with Gasteiger partial charge in [0.1, 0.15) is 11.5 Å². The first-order chi connectivity index (χ1) is 16.3. The summed E-state index contributed by atoms with van der Waals surface area (Å²) in [7, 11) is 0. The van der Waals surface area contributed by atoms with Gasteiger partial charge in [-0.15, -0.1) is 0 Å². The third-order valence-corrected chi connectivity index (χ3v) is 5.03. The molecular weight excluding hydrogens is 456 g/mol. The average Bonchev–Trinajstić information content (AvgIpc) is 2.80. The fraction of sp³-hybridized carbons (Fsp3) is 0.192. The maximum atomic E-state index is 12.2. The van der Waals surface area contributed by atoms with Crippen molar-refractivity contribution < 1.29 is 23.9 Å². The van der Waals surface area contributed by atoms with E-state index in [-0.39, 0.29) is 18.7 Å². The number of para-hydroxylation sites is 1. The number of carbonyl (C=O) groups excluding carboxylic acids is 3. The lowest BCUT2D eigenvalue weighted by Crippen LogP contribution is -2.21. The number of ether oxygens (including phenoxy) is 2. The maximum Gasteiger partial charge on any atom is 0.306 e. The Bertz CT molecular complexity index is 1160.